The number of amides is 1. The highest BCUT2D eigenvalue weighted by Gasteiger charge is 2.67. The third-order valence-corrected chi connectivity index (χ3v) is 13.6. The Morgan fingerprint density at radius 3 is 2.45 bits per heavy atom. The molecule has 4 heterocycles. The van der Waals surface area contributed by atoms with E-state index in [1.54, 1.807) is 6.66 Å². The molecule has 0 radical (unpaired) electrons. The van der Waals surface area contributed by atoms with Crippen LogP contribution in [0.3, 0.4) is 0 Å². The van der Waals surface area contributed by atoms with Crippen LogP contribution in [0.1, 0.15) is 53.1 Å². The van der Waals surface area contributed by atoms with E-state index in [1.807, 2.05) is 0 Å². The normalized spacial score (nSPS) is 17.7. The standard InChI is InChI=1S/C35H28Cl2F6N9O4PS/c1-49-28-22(6-5-20(36)26(28)33(48-49)52(57-2)58(3,55)56)51-32(46-31-17(34(51)54)4-7-23(37)45-31)21(10-14-8-15(38)11-16(39)9-14)44-24(53)13-50-29-25(27(47-50)30(40)41)18-12-19(18)35(29,42)43/h4-9,11,18-19,21,30,57H,10,12-13H2,1-3H3,(H,44,53)/t18-,19+,21-/m0/s1. The van der Waals surface area contributed by atoms with E-state index >= 15 is 8.78 Å². The molecule has 2 aliphatic carbocycles. The Labute approximate surface area is 335 Å². The largest absolute Gasteiger partial charge is 0.344 e. The van der Waals surface area contributed by atoms with E-state index in [9.17, 15) is 35.6 Å². The third kappa shape index (κ3) is 6.66. The van der Waals surface area contributed by atoms with Crippen LogP contribution in [0.2, 0.25) is 10.2 Å². The van der Waals surface area contributed by atoms with Crippen LogP contribution in [0.5, 0.6) is 0 Å². The van der Waals surface area contributed by atoms with Crippen molar-refractivity contribution >= 4 is 75.6 Å². The number of carbonyl (C=O) groups excluding carboxylic acids is 1. The van der Waals surface area contributed by atoms with Crippen LogP contribution < -0.4 is 15.0 Å². The van der Waals surface area contributed by atoms with Gasteiger partial charge in [-0.25, -0.2) is 40.0 Å². The fourth-order valence-electron chi connectivity index (χ4n) is 7.74. The maximum Gasteiger partial charge on any atom is 0.293 e. The number of nitrogens with zero attached hydrogens (tertiary/aromatic N) is 8. The summed E-state index contributed by atoms with van der Waals surface area (Å²) in [6.07, 6.45) is -2.71. The van der Waals surface area contributed by atoms with Gasteiger partial charge >= 0.3 is 0 Å². The molecule has 8 rings (SSSR count). The molecule has 304 valence electrons. The summed E-state index contributed by atoms with van der Waals surface area (Å²) >= 11 is 12.9. The Bertz CT molecular complexity index is 2870. The van der Waals surface area contributed by atoms with E-state index in [0.717, 1.165) is 27.0 Å². The molecular formula is C35H28Cl2F6N9O4PS. The van der Waals surface area contributed by atoms with Crippen LogP contribution in [0.25, 0.3) is 27.6 Å². The number of alkyl halides is 4. The number of nitrogens with one attached hydrogen (secondary N) is 1. The molecule has 2 aliphatic rings. The maximum absolute atomic E-state index is 15.4. The van der Waals surface area contributed by atoms with Gasteiger partial charge in [-0.2, -0.15) is 19.0 Å². The highest BCUT2D eigenvalue weighted by molar-refractivity contribution is 7.97. The number of benzene rings is 2. The number of fused-ring (bicyclic) bond motifs is 5. The van der Waals surface area contributed by atoms with Gasteiger partial charge in [-0.3, -0.25) is 23.5 Å². The third-order valence-electron chi connectivity index (χ3n) is 10.1. The van der Waals surface area contributed by atoms with Crippen molar-refractivity contribution in [3.63, 3.8) is 0 Å². The topological polar surface area (TPSA) is 150 Å². The smallest absolute Gasteiger partial charge is 0.293 e. The maximum atomic E-state index is 15.4. The van der Waals surface area contributed by atoms with E-state index in [0.29, 0.717) is 10.7 Å². The molecule has 1 fully saturated rings. The van der Waals surface area contributed by atoms with Crippen molar-refractivity contribution in [1.82, 2.24) is 39.4 Å². The SMILES string of the molecule is CPN(c1nn(C)c2c(-n3c([C@H](Cc4cc(F)cc(F)c4)NC(=O)Cn4nc(C(F)F)c5c4C(F)(F)[C@@H]4C[C@H]54)nc4nc(Cl)ccc4c3=O)ccc(Cl)c12)S(C)(=O)=O. The monoisotopic (exact) mass is 885 g/mol. The van der Waals surface area contributed by atoms with E-state index in [1.165, 1.54) is 36.0 Å². The number of hydrogen-bond donors (Lipinski definition) is 1. The highest BCUT2D eigenvalue weighted by atomic mass is 35.5. The van der Waals surface area contributed by atoms with Gasteiger partial charge in [0.25, 0.3) is 17.9 Å². The lowest BCUT2D eigenvalue weighted by Crippen LogP contribution is -2.38. The minimum absolute atomic E-state index is 0.00562. The van der Waals surface area contributed by atoms with E-state index in [2.05, 4.69) is 25.5 Å². The van der Waals surface area contributed by atoms with Gasteiger partial charge in [0.05, 0.1) is 39.3 Å². The number of hydrogen-bond acceptors (Lipinski definition) is 8. The molecule has 58 heavy (non-hydrogen) atoms. The predicted molar refractivity (Wildman–Crippen MR) is 204 cm³/mol. The van der Waals surface area contributed by atoms with Gasteiger partial charge in [-0.15, -0.1) is 0 Å². The van der Waals surface area contributed by atoms with Crippen LogP contribution in [-0.2, 0) is 40.8 Å². The van der Waals surface area contributed by atoms with Gasteiger partial charge in [0.15, 0.2) is 11.5 Å². The van der Waals surface area contributed by atoms with Crippen molar-refractivity contribution in [3.05, 3.63) is 103 Å². The summed E-state index contributed by atoms with van der Waals surface area (Å²) < 4.78 is 118. The lowest BCUT2D eigenvalue weighted by atomic mass is 10.0. The second-order valence-electron chi connectivity index (χ2n) is 13.9. The Morgan fingerprint density at radius 2 is 1.79 bits per heavy atom. The number of anilines is 1. The quantitative estimate of drug-likeness (QED) is 0.0861. The Hall–Kier alpha value is -4.78. The molecule has 1 N–H and O–H groups in total. The van der Waals surface area contributed by atoms with Crippen LogP contribution >= 0.6 is 31.9 Å². The lowest BCUT2D eigenvalue weighted by Gasteiger charge is -2.24. The van der Waals surface area contributed by atoms with E-state index in [4.69, 9.17) is 23.2 Å². The number of aryl methyl sites for hydroxylation is 1. The summed E-state index contributed by atoms with van der Waals surface area (Å²) in [5.41, 5.74) is -2.89. The average Bonchev–Trinajstić information content (AvgIpc) is 3.65. The minimum atomic E-state index is -3.89. The van der Waals surface area contributed by atoms with E-state index in [-0.39, 0.29) is 75.7 Å². The van der Waals surface area contributed by atoms with E-state index < -0.39 is 87.7 Å². The van der Waals surface area contributed by atoms with Gasteiger partial charge in [-0.05, 0) is 69.7 Å². The molecule has 0 spiro atoms. The molecule has 13 nitrogen and oxygen atoms in total. The van der Waals surface area contributed by atoms with Crippen LogP contribution in [0, 0.1) is 17.6 Å². The van der Waals surface area contributed by atoms with Gasteiger partial charge in [0.1, 0.15) is 40.5 Å². The second kappa shape index (κ2) is 14.2. The lowest BCUT2D eigenvalue weighted by molar-refractivity contribution is -0.123. The summed E-state index contributed by atoms with van der Waals surface area (Å²) in [6.45, 7) is 0.612. The average molecular weight is 887 g/mol. The minimum Gasteiger partial charge on any atom is -0.344 e. The summed E-state index contributed by atoms with van der Waals surface area (Å²) in [5.74, 6) is -9.00. The molecule has 0 aliphatic heterocycles. The molecule has 1 unspecified atom stereocenters. The van der Waals surface area contributed by atoms with Crippen LogP contribution in [0.4, 0.5) is 32.2 Å². The summed E-state index contributed by atoms with van der Waals surface area (Å²) in [5, 5.41) is 10.8. The zero-order valence-electron chi connectivity index (χ0n) is 30.1. The van der Waals surface area contributed by atoms with Gasteiger partial charge < -0.3 is 5.32 Å². The summed E-state index contributed by atoms with van der Waals surface area (Å²) in [7, 11) is -2.76. The molecule has 0 saturated heterocycles. The molecule has 6 aromatic rings. The van der Waals surface area contributed by atoms with Crippen molar-refractivity contribution < 1.29 is 39.6 Å². The Morgan fingerprint density at radius 1 is 1.09 bits per heavy atom. The first-order valence-corrected chi connectivity index (χ1v) is 21.3. The molecular weight excluding hydrogens is 858 g/mol. The first-order valence-electron chi connectivity index (χ1n) is 17.2. The van der Waals surface area contributed by atoms with Crippen LogP contribution in [0.15, 0.2) is 47.3 Å². The second-order valence-corrected chi connectivity index (χ2v) is 17.7. The first-order chi connectivity index (χ1) is 27.3. The molecule has 1 amide bonds. The summed E-state index contributed by atoms with van der Waals surface area (Å²) in [6, 6.07) is 6.44. The fraction of sp³-hybridized carbons (Fsp3) is 0.314. The molecule has 23 heteroatoms. The predicted octanol–water partition coefficient (Wildman–Crippen LogP) is 6.68. The van der Waals surface area contributed by atoms with Crippen LogP contribution in [-0.4, -0.2) is 61.3 Å². The molecule has 2 aromatic carbocycles. The number of sulfonamides is 1. The van der Waals surface area contributed by atoms with Crippen molar-refractivity contribution in [2.75, 3.05) is 17.0 Å². The summed E-state index contributed by atoms with van der Waals surface area (Å²) in [4.78, 5) is 37.4. The van der Waals surface area contributed by atoms with Crippen molar-refractivity contribution in [2.45, 2.75) is 43.7 Å². The number of rotatable bonds is 11. The fourth-order valence-corrected chi connectivity index (χ4v) is 10.3. The van der Waals surface area contributed by atoms with Gasteiger partial charge in [0.2, 0.25) is 15.9 Å². The molecule has 0 bridgehead atoms. The molecule has 4 aromatic heterocycles. The van der Waals surface area contributed by atoms with Gasteiger partial charge in [-0.1, -0.05) is 23.2 Å². The Balaban J connectivity index is 1.33. The number of carbonyl (C=O) groups is 1. The van der Waals surface area contributed by atoms with Gasteiger partial charge in [0, 0.05) is 31.0 Å². The van der Waals surface area contributed by atoms with Crippen molar-refractivity contribution in [1.29, 1.82) is 0 Å². The number of aromatic nitrogens is 7. The zero-order chi connectivity index (χ0) is 41.7. The van der Waals surface area contributed by atoms with Crippen molar-refractivity contribution in [3.8, 4) is 5.69 Å². The zero-order valence-corrected chi connectivity index (χ0v) is 33.4. The molecule has 4 atom stereocenters. The molecule has 1 saturated carbocycles. The van der Waals surface area contributed by atoms with Crippen molar-refractivity contribution in [2.24, 2.45) is 13.0 Å². The number of halogens is 8. The Kier molecular flexibility index (Phi) is 9.80. The first kappa shape index (κ1) is 40.0. The number of pyridine rings is 1. The highest BCUT2D eigenvalue weighted by Crippen LogP contribution is 2.68.